The highest BCUT2D eigenvalue weighted by Gasteiger charge is 2.19. The predicted molar refractivity (Wildman–Crippen MR) is 38.0 cm³/mol. The van der Waals surface area contributed by atoms with Gasteiger partial charge in [0.15, 0.2) is 0 Å². The Morgan fingerprint density at radius 1 is 1.50 bits per heavy atom. The number of fused-ring (bicyclic) bond motifs is 1. The lowest BCUT2D eigenvalue weighted by Gasteiger charge is -2.23. The topological polar surface area (TPSA) is 23.3 Å². The second-order valence-electron chi connectivity index (χ2n) is 2.72. The molecule has 0 spiro atoms. The molecule has 1 unspecified atom stereocenters. The summed E-state index contributed by atoms with van der Waals surface area (Å²) in [5, 5.41) is 0. The van der Waals surface area contributed by atoms with Gasteiger partial charge in [-0.1, -0.05) is 12.2 Å². The first kappa shape index (κ1) is 5.98. The Hall–Kier alpha value is -0.760. The molecule has 2 nitrogen and oxygen atoms in total. The van der Waals surface area contributed by atoms with Gasteiger partial charge in [-0.05, 0) is 23.9 Å². The van der Waals surface area contributed by atoms with Crippen molar-refractivity contribution in [2.75, 3.05) is 6.54 Å². The summed E-state index contributed by atoms with van der Waals surface area (Å²) in [7, 11) is 0. The molecule has 0 aromatic heterocycles. The van der Waals surface area contributed by atoms with E-state index in [1.807, 2.05) is 0 Å². The van der Waals surface area contributed by atoms with E-state index < -0.39 is 0 Å². The van der Waals surface area contributed by atoms with Gasteiger partial charge in [-0.3, -0.25) is 0 Å². The fourth-order valence-corrected chi connectivity index (χ4v) is 1.37. The average Bonchev–Trinajstić information content (AvgIpc) is 2.05. The van der Waals surface area contributed by atoms with Crippen LogP contribution in [0.2, 0.25) is 0 Å². The van der Waals surface area contributed by atoms with Gasteiger partial charge >= 0.3 is 0 Å². The Bertz CT molecular complexity index is 184. The Morgan fingerprint density at radius 2 is 2.50 bits per heavy atom. The van der Waals surface area contributed by atoms with Crippen molar-refractivity contribution in [3.05, 3.63) is 24.0 Å². The molecule has 1 radical (unpaired) electrons. The van der Waals surface area contributed by atoms with Gasteiger partial charge in [-0.25, -0.2) is 0 Å². The molecule has 53 valence electrons. The lowest BCUT2D eigenvalue weighted by atomic mass is 9.89. The first-order chi connectivity index (χ1) is 4.97. The first-order valence-corrected chi connectivity index (χ1v) is 3.63. The molecule has 0 aromatic carbocycles. The van der Waals surface area contributed by atoms with E-state index in [1.54, 1.807) is 6.26 Å². The third-order valence-electron chi connectivity index (χ3n) is 2.04. The zero-order chi connectivity index (χ0) is 6.81. The molecule has 0 bridgehead atoms. The number of nitrogens with zero attached hydrogens (tertiary/aromatic N) is 1. The molecule has 0 amide bonds. The van der Waals surface area contributed by atoms with Gasteiger partial charge in [0, 0.05) is 5.92 Å². The molecule has 0 aromatic rings. The monoisotopic (exact) mass is 136 g/mol. The van der Waals surface area contributed by atoms with Crippen LogP contribution >= 0.6 is 0 Å². The number of hydroxylamine groups is 1. The molecule has 0 saturated heterocycles. The normalized spacial score (nSPS) is 30.4. The van der Waals surface area contributed by atoms with Crippen LogP contribution in [0.25, 0.3) is 0 Å². The van der Waals surface area contributed by atoms with Crippen LogP contribution in [0, 0.1) is 5.92 Å². The molecule has 10 heavy (non-hydrogen) atoms. The smallest absolute Gasteiger partial charge is 0.113 e. The van der Waals surface area contributed by atoms with Gasteiger partial charge in [0.2, 0.25) is 0 Å². The van der Waals surface area contributed by atoms with Gasteiger partial charge in [-0.15, -0.1) is 0 Å². The molecule has 1 heterocycles. The van der Waals surface area contributed by atoms with E-state index in [4.69, 9.17) is 4.84 Å². The summed E-state index contributed by atoms with van der Waals surface area (Å²) in [5.74, 6) is 0.638. The predicted octanol–water partition coefficient (Wildman–Crippen LogP) is 1.39. The van der Waals surface area contributed by atoms with Gasteiger partial charge in [0.25, 0.3) is 0 Å². The van der Waals surface area contributed by atoms with Crippen molar-refractivity contribution >= 4 is 0 Å². The van der Waals surface area contributed by atoms with Crippen molar-refractivity contribution in [2.24, 2.45) is 5.92 Å². The van der Waals surface area contributed by atoms with Crippen LogP contribution in [0.5, 0.6) is 0 Å². The summed E-state index contributed by atoms with van der Waals surface area (Å²) < 4.78 is 0. The largest absolute Gasteiger partial charge is 0.396 e. The number of allylic oxidation sites excluding steroid dienone is 2. The van der Waals surface area contributed by atoms with Crippen LogP contribution in [0.1, 0.15) is 12.8 Å². The van der Waals surface area contributed by atoms with E-state index >= 15 is 0 Å². The van der Waals surface area contributed by atoms with E-state index in [1.165, 1.54) is 5.57 Å². The van der Waals surface area contributed by atoms with Gasteiger partial charge in [0.1, 0.15) is 6.26 Å². The number of rotatable bonds is 0. The maximum Gasteiger partial charge on any atom is 0.113 e. The van der Waals surface area contributed by atoms with Gasteiger partial charge < -0.3 is 4.84 Å². The van der Waals surface area contributed by atoms with Crippen molar-refractivity contribution in [1.29, 1.82) is 0 Å². The number of hydrogen-bond acceptors (Lipinski definition) is 1. The maximum absolute atomic E-state index is 4.87. The van der Waals surface area contributed by atoms with Crippen molar-refractivity contribution in [2.45, 2.75) is 12.8 Å². The molecule has 1 aliphatic heterocycles. The van der Waals surface area contributed by atoms with Crippen LogP contribution in [0.15, 0.2) is 24.0 Å². The molecule has 0 N–H and O–H groups in total. The summed E-state index contributed by atoms with van der Waals surface area (Å²) in [5.41, 5.74) is 5.25. The number of hydrogen-bond donors (Lipinski definition) is 0. The summed E-state index contributed by atoms with van der Waals surface area (Å²) in [4.78, 5) is 4.87. The molecule has 0 saturated carbocycles. The van der Waals surface area contributed by atoms with Crippen molar-refractivity contribution in [3.8, 4) is 0 Å². The fourth-order valence-electron chi connectivity index (χ4n) is 1.37. The second-order valence-corrected chi connectivity index (χ2v) is 2.72. The first-order valence-electron chi connectivity index (χ1n) is 3.63. The molecule has 1 aliphatic carbocycles. The highest BCUT2D eigenvalue weighted by Crippen LogP contribution is 2.26. The molecular weight excluding hydrogens is 126 g/mol. The molecule has 2 aliphatic rings. The Balaban J connectivity index is 2.17. The highest BCUT2D eigenvalue weighted by molar-refractivity contribution is 5.16. The Morgan fingerprint density at radius 3 is 3.40 bits per heavy atom. The van der Waals surface area contributed by atoms with E-state index in [0.29, 0.717) is 5.92 Å². The third kappa shape index (κ3) is 0.948. The molecular formula is C8H10NO. The lowest BCUT2D eigenvalue weighted by Crippen LogP contribution is -2.23. The van der Waals surface area contributed by atoms with E-state index in [-0.39, 0.29) is 0 Å². The zero-order valence-electron chi connectivity index (χ0n) is 5.79. The van der Waals surface area contributed by atoms with E-state index in [0.717, 1.165) is 19.4 Å². The minimum Gasteiger partial charge on any atom is -0.396 e. The minimum atomic E-state index is 0.638. The van der Waals surface area contributed by atoms with E-state index in [2.05, 4.69) is 17.6 Å². The second kappa shape index (κ2) is 2.46. The highest BCUT2D eigenvalue weighted by atomic mass is 16.6. The molecule has 0 fully saturated rings. The zero-order valence-corrected chi connectivity index (χ0v) is 5.79. The third-order valence-corrected chi connectivity index (χ3v) is 2.04. The summed E-state index contributed by atoms with van der Waals surface area (Å²) in [6, 6.07) is 0. The van der Waals surface area contributed by atoms with Crippen LogP contribution in [-0.4, -0.2) is 6.54 Å². The van der Waals surface area contributed by atoms with Crippen molar-refractivity contribution in [3.63, 3.8) is 0 Å². The summed E-state index contributed by atoms with van der Waals surface area (Å²) >= 11 is 0. The van der Waals surface area contributed by atoms with Crippen molar-refractivity contribution in [1.82, 2.24) is 5.48 Å². The van der Waals surface area contributed by atoms with Crippen LogP contribution in [0.3, 0.4) is 0 Å². The maximum atomic E-state index is 4.87. The fraction of sp³-hybridized carbons (Fsp3) is 0.500. The Kier molecular flexibility index (Phi) is 1.47. The minimum absolute atomic E-state index is 0.638. The molecule has 2 rings (SSSR count). The SMILES string of the molecule is C1=CCC2C[N]OC=C2C1. The van der Waals surface area contributed by atoms with Crippen LogP contribution in [-0.2, 0) is 4.84 Å². The quantitative estimate of drug-likeness (QED) is 0.461. The summed E-state index contributed by atoms with van der Waals surface area (Å²) in [6.45, 7) is 0.843. The lowest BCUT2D eigenvalue weighted by molar-refractivity contribution is 0.0918. The van der Waals surface area contributed by atoms with Crippen molar-refractivity contribution < 1.29 is 4.84 Å². The summed E-state index contributed by atoms with van der Waals surface area (Å²) in [6.07, 6.45) is 8.40. The Labute approximate surface area is 60.5 Å². The molecule has 2 heteroatoms. The van der Waals surface area contributed by atoms with Gasteiger partial charge in [-0.2, -0.15) is 0 Å². The average molecular weight is 136 g/mol. The van der Waals surface area contributed by atoms with Crippen LogP contribution < -0.4 is 5.48 Å². The van der Waals surface area contributed by atoms with Gasteiger partial charge in [0.05, 0.1) is 6.54 Å². The van der Waals surface area contributed by atoms with Crippen LogP contribution in [0.4, 0.5) is 0 Å². The molecule has 1 atom stereocenters. The standard InChI is InChI=1S/C8H10NO/c1-2-4-8-6-10-9-5-7(8)3-1/h1-2,6-7H,3-5H2. The van der Waals surface area contributed by atoms with E-state index in [9.17, 15) is 0 Å².